The highest BCUT2D eigenvalue weighted by Crippen LogP contribution is 2.41. The molecule has 3 rings (SSSR count). The van der Waals surface area contributed by atoms with Gasteiger partial charge in [-0.15, -0.1) is 0 Å². The third kappa shape index (κ3) is 3.13. The number of nitrogens with zero attached hydrogens (tertiary/aromatic N) is 2. The molecule has 0 saturated carbocycles. The summed E-state index contributed by atoms with van der Waals surface area (Å²) in [5.41, 5.74) is 4.26. The van der Waals surface area contributed by atoms with E-state index in [2.05, 4.69) is 21.7 Å². The number of aliphatic imine (C=N–C) groups is 1. The number of anilines is 1. The van der Waals surface area contributed by atoms with Gasteiger partial charge in [-0.2, -0.15) is 5.26 Å². The van der Waals surface area contributed by atoms with Crippen LogP contribution in [0.4, 0.5) is 5.69 Å². The molecule has 1 aromatic carbocycles. The minimum atomic E-state index is -0.0313. The van der Waals surface area contributed by atoms with Crippen LogP contribution in [0.25, 0.3) is 0 Å². The van der Waals surface area contributed by atoms with Crippen LogP contribution in [0.2, 0.25) is 0 Å². The van der Waals surface area contributed by atoms with Crippen LogP contribution in [0.5, 0.6) is 5.75 Å². The lowest BCUT2D eigenvalue weighted by Gasteiger charge is -2.21. The first-order chi connectivity index (χ1) is 11.1. The Labute approximate surface area is 139 Å². The van der Waals surface area contributed by atoms with Gasteiger partial charge in [0, 0.05) is 18.4 Å². The van der Waals surface area contributed by atoms with Gasteiger partial charge in [0.05, 0.1) is 12.2 Å². The number of carbonyl (C=O) groups is 1. The van der Waals surface area contributed by atoms with Crippen molar-refractivity contribution in [2.75, 3.05) is 18.1 Å². The van der Waals surface area contributed by atoms with E-state index in [9.17, 15) is 4.79 Å². The number of hydrogen-bond acceptors (Lipinski definition) is 5. The van der Waals surface area contributed by atoms with Gasteiger partial charge in [-0.05, 0) is 30.7 Å². The van der Waals surface area contributed by atoms with Gasteiger partial charge in [0.1, 0.15) is 11.9 Å². The first kappa shape index (κ1) is 15.7. The quantitative estimate of drug-likeness (QED) is 0.375. The smallest absolute Gasteiger partial charge is 0.224 e. The predicted octanol–water partition coefficient (Wildman–Crippen LogP) is 1.97. The van der Waals surface area contributed by atoms with Crippen LogP contribution >= 0.6 is 11.8 Å². The summed E-state index contributed by atoms with van der Waals surface area (Å²) in [6, 6.07) is 2.09. The Balaban J connectivity index is 1.79. The topological polar surface area (TPSA) is 86.5 Å². The Morgan fingerprint density at radius 1 is 1.61 bits per heavy atom. The Morgan fingerprint density at radius 2 is 2.43 bits per heavy atom. The van der Waals surface area contributed by atoms with Crippen molar-refractivity contribution in [3.05, 3.63) is 22.8 Å². The van der Waals surface area contributed by atoms with Crippen LogP contribution in [-0.4, -0.2) is 30.0 Å². The number of carbonyl (C=O) groups excluding carboxylic acids is 1. The molecule has 6 nitrogen and oxygen atoms in total. The second kappa shape index (κ2) is 6.50. The van der Waals surface area contributed by atoms with Crippen molar-refractivity contribution < 1.29 is 9.53 Å². The van der Waals surface area contributed by atoms with E-state index in [1.807, 2.05) is 19.4 Å². The average molecular weight is 330 g/mol. The van der Waals surface area contributed by atoms with Gasteiger partial charge in [-0.3, -0.25) is 15.1 Å². The van der Waals surface area contributed by atoms with Gasteiger partial charge in [0.2, 0.25) is 5.91 Å². The second-order valence-electron chi connectivity index (χ2n) is 5.61. The molecule has 2 heterocycles. The molecule has 0 spiro atoms. The third-order valence-corrected chi connectivity index (χ3v) is 4.66. The van der Waals surface area contributed by atoms with Crippen molar-refractivity contribution in [2.24, 2.45) is 4.99 Å². The summed E-state index contributed by atoms with van der Waals surface area (Å²) < 4.78 is 6.09. The highest BCUT2D eigenvalue weighted by molar-refractivity contribution is 8.13. The van der Waals surface area contributed by atoms with Gasteiger partial charge in [0.15, 0.2) is 11.4 Å². The summed E-state index contributed by atoms with van der Waals surface area (Å²) in [5, 5.41) is 14.8. The normalized spacial score (nSPS) is 19.3. The summed E-state index contributed by atoms with van der Waals surface area (Å²) in [4.78, 5) is 16.0. The molecule has 0 bridgehead atoms. The maximum atomic E-state index is 11.6. The van der Waals surface area contributed by atoms with E-state index in [0.29, 0.717) is 24.6 Å². The minimum absolute atomic E-state index is 0.0313. The first-order valence-corrected chi connectivity index (χ1v) is 8.70. The summed E-state index contributed by atoms with van der Waals surface area (Å²) in [5.74, 6) is 0.969. The standard InChI is InChI=1S/C16H18N4O2S/c1-9-5-10-6-11(7-18-16(23-2)19-8-17)22-15(10)12-3-4-13(21)20-14(9)12/h5,11H,3-4,6-7H2,1-2H3,(H,18,19)(H,20,21). The zero-order valence-electron chi connectivity index (χ0n) is 13.1. The number of nitriles is 1. The Hall–Kier alpha value is -2.20. The molecule has 0 fully saturated rings. The number of hydrogen-bond donors (Lipinski definition) is 2. The highest BCUT2D eigenvalue weighted by Gasteiger charge is 2.30. The molecular formula is C16H18N4O2S. The van der Waals surface area contributed by atoms with Crippen LogP contribution in [0.15, 0.2) is 11.1 Å². The van der Waals surface area contributed by atoms with Gasteiger partial charge in [-0.1, -0.05) is 17.8 Å². The van der Waals surface area contributed by atoms with E-state index in [4.69, 9.17) is 10.00 Å². The average Bonchev–Trinajstić information content (AvgIpc) is 2.94. The van der Waals surface area contributed by atoms with Crippen LogP contribution in [-0.2, 0) is 17.6 Å². The molecule has 1 amide bonds. The molecule has 7 heteroatoms. The maximum Gasteiger partial charge on any atom is 0.224 e. The number of rotatable bonds is 2. The summed E-state index contributed by atoms with van der Waals surface area (Å²) in [6.07, 6.45) is 5.73. The molecular weight excluding hydrogens is 312 g/mol. The van der Waals surface area contributed by atoms with E-state index in [-0.39, 0.29) is 12.0 Å². The molecule has 2 aliphatic rings. The zero-order valence-corrected chi connectivity index (χ0v) is 13.9. The van der Waals surface area contributed by atoms with Crippen LogP contribution in [0.3, 0.4) is 0 Å². The predicted molar refractivity (Wildman–Crippen MR) is 90.8 cm³/mol. The van der Waals surface area contributed by atoms with E-state index < -0.39 is 0 Å². The van der Waals surface area contributed by atoms with Crippen molar-refractivity contribution in [1.29, 1.82) is 5.26 Å². The first-order valence-electron chi connectivity index (χ1n) is 7.47. The number of amides is 1. The Kier molecular flexibility index (Phi) is 4.44. The van der Waals surface area contributed by atoms with E-state index in [0.717, 1.165) is 29.0 Å². The van der Waals surface area contributed by atoms with Crippen LogP contribution < -0.4 is 15.4 Å². The fraction of sp³-hybridized carbons (Fsp3) is 0.438. The van der Waals surface area contributed by atoms with Crippen molar-refractivity contribution in [3.8, 4) is 11.9 Å². The molecule has 0 aliphatic carbocycles. The maximum absolute atomic E-state index is 11.6. The number of benzene rings is 1. The summed E-state index contributed by atoms with van der Waals surface area (Å²) >= 11 is 1.40. The van der Waals surface area contributed by atoms with Crippen LogP contribution in [0, 0.1) is 18.4 Å². The lowest BCUT2D eigenvalue weighted by molar-refractivity contribution is -0.116. The third-order valence-electron chi connectivity index (χ3n) is 4.05. The van der Waals surface area contributed by atoms with E-state index in [1.54, 1.807) is 0 Å². The molecule has 0 saturated heterocycles. The van der Waals surface area contributed by atoms with E-state index in [1.165, 1.54) is 17.3 Å². The van der Waals surface area contributed by atoms with Gasteiger partial charge in [0.25, 0.3) is 0 Å². The molecule has 120 valence electrons. The minimum Gasteiger partial charge on any atom is -0.487 e. The Morgan fingerprint density at radius 3 is 3.17 bits per heavy atom. The zero-order chi connectivity index (χ0) is 16.4. The van der Waals surface area contributed by atoms with Gasteiger partial charge >= 0.3 is 0 Å². The lowest BCUT2D eigenvalue weighted by atomic mass is 9.94. The van der Waals surface area contributed by atoms with Crippen molar-refractivity contribution in [2.45, 2.75) is 32.3 Å². The van der Waals surface area contributed by atoms with Gasteiger partial charge in [-0.25, -0.2) is 0 Å². The molecule has 1 unspecified atom stereocenters. The number of ether oxygens (including phenoxy) is 1. The molecule has 0 aromatic heterocycles. The number of nitrogens with one attached hydrogen (secondary N) is 2. The van der Waals surface area contributed by atoms with Gasteiger partial charge < -0.3 is 10.1 Å². The lowest BCUT2D eigenvalue weighted by Crippen LogP contribution is -2.22. The SMILES string of the molecule is CSC(=NCC1Cc2cc(C)c3c(c2O1)CCC(=O)N3)NC#N. The molecule has 23 heavy (non-hydrogen) atoms. The molecule has 1 atom stereocenters. The summed E-state index contributed by atoms with van der Waals surface area (Å²) in [7, 11) is 0. The molecule has 0 radical (unpaired) electrons. The van der Waals surface area contributed by atoms with Crippen molar-refractivity contribution >= 4 is 28.5 Å². The van der Waals surface area contributed by atoms with Crippen LogP contribution in [0.1, 0.15) is 23.1 Å². The van der Waals surface area contributed by atoms with E-state index >= 15 is 0 Å². The number of fused-ring (bicyclic) bond motifs is 3. The van der Waals surface area contributed by atoms with Crippen molar-refractivity contribution in [1.82, 2.24) is 5.32 Å². The number of aryl methyl sites for hydroxylation is 1. The molecule has 2 N–H and O–H groups in total. The highest BCUT2D eigenvalue weighted by atomic mass is 32.2. The number of amidine groups is 1. The summed E-state index contributed by atoms with van der Waals surface area (Å²) in [6.45, 7) is 2.51. The fourth-order valence-electron chi connectivity index (χ4n) is 3.04. The fourth-order valence-corrected chi connectivity index (χ4v) is 3.39. The second-order valence-corrected chi connectivity index (χ2v) is 6.41. The largest absolute Gasteiger partial charge is 0.487 e. The monoisotopic (exact) mass is 330 g/mol. The van der Waals surface area contributed by atoms with Crippen molar-refractivity contribution in [3.63, 3.8) is 0 Å². The number of thioether (sulfide) groups is 1. The Bertz CT molecular complexity index is 724. The molecule has 1 aromatic rings. The molecule has 2 aliphatic heterocycles.